The number of hydrogen-bond acceptors (Lipinski definition) is 6. The Morgan fingerprint density at radius 1 is 1.16 bits per heavy atom. The Morgan fingerprint density at radius 2 is 2.00 bits per heavy atom. The standard InChI is InChI=1S/C23H23N3O3S2/c1-4-7-29-19-10-24-16(9-18(19)27)11-31-23-25-21(28)20-17(12-30-22(20)26-23)15-6-5-13(2)14(3)8-15/h5-6,8-10,12H,4,7,11H2,1-3H3,(H,24,27)(H,25,26,28). The minimum Gasteiger partial charge on any atom is -0.488 e. The minimum absolute atomic E-state index is 0.154. The summed E-state index contributed by atoms with van der Waals surface area (Å²) in [7, 11) is 0. The van der Waals surface area contributed by atoms with E-state index in [1.54, 1.807) is 6.20 Å². The first kappa shape index (κ1) is 21.4. The van der Waals surface area contributed by atoms with Crippen LogP contribution in [0.1, 0.15) is 30.2 Å². The molecule has 0 radical (unpaired) electrons. The van der Waals surface area contributed by atoms with Gasteiger partial charge in [-0.15, -0.1) is 11.3 Å². The van der Waals surface area contributed by atoms with Crippen LogP contribution in [0.5, 0.6) is 5.75 Å². The predicted molar refractivity (Wildman–Crippen MR) is 128 cm³/mol. The largest absolute Gasteiger partial charge is 0.488 e. The van der Waals surface area contributed by atoms with Crippen molar-refractivity contribution in [1.29, 1.82) is 0 Å². The molecule has 4 rings (SSSR count). The van der Waals surface area contributed by atoms with Crippen molar-refractivity contribution >= 4 is 33.3 Å². The molecule has 0 spiro atoms. The first-order chi connectivity index (χ1) is 15.0. The maximum Gasteiger partial charge on any atom is 0.260 e. The highest BCUT2D eigenvalue weighted by Crippen LogP contribution is 2.32. The van der Waals surface area contributed by atoms with Crippen molar-refractivity contribution in [2.45, 2.75) is 38.1 Å². The summed E-state index contributed by atoms with van der Waals surface area (Å²) in [6.07, 6.45) is 2.43. The van der Waals surface area contributed by atoms with Crippen LogP contribution in [-0.4, -0.2) is 21.6 Å². The van der Waals surface area contributed by atoms with E-state index in [2.05, 4.69) is 40.9 Å². The average Bonchev–Trinajstić information content (AvgIpc) is 3.18. The number of H-pyrrole nitrogens is 2. The Balaban J connectivity index is 1.56. The van der Waals surface area contributed by atoms with E-state index in [1.807, 2.05) is 18.4 Å². The van der Waals surface area contributed by atoms with E-state index in [0.29, 0.717) is 33.5 Å². The Kier molecular flexibility index (Phi) is 6.29. The van der Waals surface area contributed by atoms with Gasteiger partial charge < -0.3 is 14.7 Å². The van der Waals surface area contributed by atoms with Crippen LogP contribution in [0, 0.1) is 13.8 Å². The van der Waals surface area contributed by atoms with Crippen molar-refractivity contribution in [1.82, 2.24) is 15.0 Å². The molecule has 3 heterocycles. The molecule has 0 aliphatic carbocycles. The van der Waals surface area contributed by atoms with E-state index in [-0.39, 0.29) is 11.0 Å². The molecule has 4 aromatic rings. The maximum absolute atomic E-state index is 12.8. The number of rotatable bonds is 7. The first-order valence-corrected chi connectivity index (χ1v) is 11.9. The second-order valence-corrected chi connectivity index (χ2v) is 9.15. The lowest BCUT2D eigenvalue weighted by Gasteiger charge is -2.06. The summed E-state index contributed by atoms with van der Waals surface area (Å²) in [6, 6.07) is 7.73. The molecule has 0 atom stereocenters. The fraction of sp³-hybridized carbons (Fsp3) is 0.261. The molecule has 0 aliphatic heterocycles. The summed E-state index contributed by atoms with van der Waals surface area (Å²) >= 11 is 2.84. The lowest BCUT2D eigenvalue weighted by molar-refractivity contribution is 0.313. The zero-order chi connectivity index (χ0) is 22.0. The Hall–Kier alpha value is -2.84. The summed E-state index contributed by atoms with van der Waals surface area (Å²) in [5.41, 5.74) is 4.76. The number of nitrogens with one attached hydrogen (secondary N) is 2. The summed E-state index contributed by atoms with van der Waals surface area (Å²) in [5, 5.41) is 3.12. The van der Waals surface area contributed by atoms with E-state index in [1.165, 1.54) is 40.3 Å². The van der Waals surface area contributed by atoms with Crippen molar-refractivity contribution in [2.75, 3.05) is 6.61 Å². The third-order valence-corrected chi connectivity index (χ3v) is 6.80. The van der Waals surface area contributed by atoms with Gasteiger partial charge in [-0.3, -0.25) is 9.59 Å². The number of aromatic nitrogens is 3. The van der Waals surface area contributed by atoms with E-state index in [4.69, 9.17) is 4.74 Å². The molecule has 0 unspecified atom stereocenters. The number of pyridine rings is 1. The monoisotopic (exact) mass is 453 g/mol. The molecule has 0 saturated heterocycles. The van der Waals surface area contributed by atoms with Crippen LogP contribution in [0.15, 0.2) is 50.6 Å². The van der Waals surface area contributed by atoms with Crippen LogP contribution >= 0.6 is 23.1 Å². The molecule has 8 heteroatoms. The van der Waals surface area contributed by atoms with Gasteiger partial charge in [-0.2, -0.15) is 0 Å². The Labute approximate surface area is 187 Å². The number of aromatic amines is 2. The number of hydrogen-bond donors (Lipinski definition) is 2. The van der Waals surface area contributed by atoms with E-state index in [0.717, 1.165) is 23.2 Å². The lowest BCUT2D eigenvalue weighted by Crippen LogP contribution is -2.10. The molecular weight excluding hydrogens is 430 g/mol. The molecule has 0 amide bonds. The second-order valence-electron chi connectivity index (χ2n) is 7.32. The van der Waals surface area contributed by atoms with Crippen LogP contribution in [0.4, 0.5) is 0 Å². The molecule has 1 aromatic carbocycles. The molecule has 0 aliphatic rings. The quantitative estimate of drug-likeness (QED) is 0.302. The number of ether oxygens (including phenoxy) is 1. The number of benzene rings is 1. The number of nitrogens with zero attached hydrogens (tertiary/aromatic N) is 1. The molecule has 2 N–H and O–H groups in total. The third kappa shape index (κ3) is 4.60. The normalized spacial score (nSPS) is 11.2. The molecule has 160 valence electrons. The maximum atomic E-state index is 12.8. The highest BCUT2D eigenvalue weighted by atomic mass is 32.2. The lowest BCUT2D eigenvalue weighted by atomic mass is 10.0. The second kappa shape index (κ2) is 9.11. The van der Waals surface area contributed by atoms with Crippen molar-refractivity contribution in [3.05, 3.63) is 73.2 Å². The molecule has 0 bridgehead atoms. The first-order valence-electron chi connectivity index (χ1n) is 10.0. The average molecular weight is 454 g/mol. The van der Waals surface area contributed by atoms with E-state index < -0.39 is 0 Å². The molecular formula is C23H23N3O3S2. The predicted octanol–water partition coefficient (Wildman–Crippen LogP) is 5.04. The van der Waals surface area contributed by atoms with Gasteiger partial charge in [-0.05, 0) is 37.0 Å². The Bertz CT molecular complexity index is 1350. The van der Waals surface area contributed by atoms with Gasteiger partial charge in [0, 0.05) is 34.7 Å². The van der Waals surface area contributed by atoms with Crippen molar-refractivity contribution in [3.63, 3.8) is 0 Å². The van der Waals surface area contributed by atoms with Crippen molar-refractivity contribution < 1.29 is 4.74 Å². The zero-order valence-corrected chi connectivity index (χ0v) is 19.2. The molecule has 0 saturated carbocycles. The van der Waals surface area contributed by atoms with Gasteiger partial charge in [0.15, 0.2) is 10.9 Å². The summed E-state index contributed by atoms with van der Waals surface area (Å²) < 4.78 is 5.41. The molecule has 3 aromatic heterocycles. The minimum atomic E-state index is -0.156. The smallest absolute Gasteiger partial charge is 0.260 e. The van der Waals surface area contributed by atoms with Gasteiger partial charge in [-0.25, -0.2) is 4.98 Å². The van der Waals surface area contributed by atoms with Gasteiger partial charge in [0.1, 0.15) is 4.83 Å². The summed E-state index contributed by atoms with van der Waals surface area (Å²) in [5.74, 6) is 0.800. The highest BCUT2D eigenvalue weighted by Gasteiger charge is 2.14. The van der Waals surface area contributed by atoms with Crippen molar-refractivity contribution in [2.24, 2.45) is 0 Å². The number of aryl methyl sites for hydroxylation is 2. The Morgan fingerprint density at radius 3 is 2.74 bits per heavy atom. The van der Waals surface area contributed by atoms with Crippen LogP contribution in [0.3, 0.4) is 0 Å². The van der Waals surface area contributed by atoms with Gasteiger partial charge >= 0.3 is 0 Å². The van der Waals surface area contributed by atoms with Crippen LogP contribution in [-0.2, 0) is 5.75 Å². The van der Waals surface area contributed by atoms with E-state index >= 15 is 0 Å². The topological polar surface area (TPSA) is 87.8 Å². The number of thiophene rings is 1. The molecule has 31 heavy (non-hydrogen) atoms. The number of thioether (sulfide) groups is 1. The zero-order valence-electron chi connectivity index (χ0n) is 17.6. The highest BCUT2D eigenvalue weighted by molar-refractivity contribution is 7.98. The fourth-order valence-electron chi connectivity index (χ4n) is 3.17. The van der Waals surface area contributed by atoms with Gasteiger partial charge in [0.25, 0.3) is 5.56 Å². The molecule has 6 nitrogen and oxygen atoms in total. The third-order valence-electron chi connectivity index (χ3n) is 5.00. The van der Waals surface area contributed by atoms with Gasteiger partial charge in [0.2, 0.25) is 5.43 Å². The van der Waals surface area contributed by atoms with Crippen LogP contribution < -0.4 is 15.7 Å². The van der Waals surface area contributed by atoms with Crippen LogP contribution in [0.25, 0.3) is 21.3 Å². The summed E-state index contributed by atoms with van der Waals surface area (Å²) in [4.78, 5) is 36.3. The van der Waals surface area contributed by atoms with E-state index in [9.17, 15) is 9.59 Å². The SMILES string of the molecule is CCCOc1c[nH]c(CSc2nc3scc(-c4ccc(C)c(C)c4)c3c(=O)[nH]2)cc1=O. The van der Waals surface area contributed by atoms with Gasteiger partial charge in [-0.1, -0.05) is 36.9 Å². The van der Waals surface area contributed by atoms with Crippen LogP contribution in [0.2, 0.25) is 0 Å². The van der Waals surface area contributed by atoms with Crippen molar-refractivity contribution in [3.8, 4) is 16.9 Å². The fourth-order valence-corrected chi connectivity index (χ4v) is 4.96. The van der Waals surface area contributed by atoms with Gasteiger partial charge in [0.05, 0.1) is 12.0 Å². The molecule has 0 fully saturated rings. The summed E-state index contributed by atoms with van der Waals surface area (Å²) in [6.45, 7) is 6.63. The number of fused-ring (bicyclic) bond motifs is 1.